The molecule has 4 nitrogen and oxygen atoms in total. The highest BCUT2D eigenvalue weighted by Gasteiger charge is 2.41. The molecule has 2 aliphatic rings. The maximum atomic E-state index is 12.9. The maximum absolute atomic E-state index is 12.9. The maximum Gasteiger partial charge on any atom is 0.410 e. The number of carbonyl (C=O) groups is 1. The highest BCUT2D eigenvalue weighted by Crippen LogP contribution is 2.42. The van der Waals surface area contributed by atoms with Crippen molar-refractivity contribution >= 4 is 33.6 Å². The molecule has 2 aliphatic heterocycles. The summed E-state index contributed by atoms with van der Waals surface area (Å²) in [5, 5.41) is 2.29. The molecule has 2 bridgehead atoms. The minimum absolute atomic E-state index is 0.0802. The average Bonchev–Trinajstić information content (AvgIpc) is 3.32. The van der Waals surface area contributed by atoms with Gasteiger partial charge in [0, 0.05) is 22.4 Å². The van der Waals surface area contributed by atoms with E-state index in [9.17, 15) is 4.79 Å². The number of para-hydroxylation sites is 2. The van der Waals surface area contributed by atoms with Crippen molar-refractivity contribution in [3.05, 3.63) is 90.0 Å². The number of furan rings is 1. The molecular weight excluding hydrogens is 386 g/mol. The third-order valence-corrected chi connectivity index (χ3v) is 6.56. The van der Waals surface area contributed by atoms with E-state index in [2.05, 4.69) is 30.3 Å². The van der Waals surface area contributed by atoms with Gasteiger partial charge in [0.2, 0.25) is 0 Å². The van der Waals surface area contributed by atoms with E-state index in [4.69, 9.17) is 9.15 Å². The Labute approximate surface area is 180 Å². The number of rotatable bonds is 3. The molecule has 6 rings (SSSR count). The van der Waals surface area contributed by atoms with Crippen LogP contribution in [0, 0.1) is 0 Å². The van der Waals surface area contributed by atoms with Crippen molar-refractivity contribution in [2.75, 3.05) is 0 Å². The second-order valence-corrected chi connectivity index (χ2v) is 8.42. The Kier molecular flexibility index (Phi) is 4.30. The van der Waals surface area contributed by atoms with Crippen LogP contribution in [0.25, 0.3) is 27.5 Å². The van der Waals surface area contributed by atoms with E-state index in [-0.39, 0.29) is 18.2 Å². The van der Waals surface area contributed by atoms with E-state index in [1.54, 1.807) is 0 Å². The van der Waals surface area contributed by atoms with Gasteiger partial charge in [0.15, 0.2) is 0 Å². The van der Waals surface area contributed by atoms with E-state index in [1.807, 2.05) is 53.4 Å². The Hall–Kier alpha value is -3.53. The molecule has 0 radical (unpaired) electrons. The molecule has 1 aromatic heterocycles. The monoisotopic (exact) mass is 409 g/mol. The number of ether oxygens (including phenoxy) is 1. The molecule has 0 aliphatic carbocycles. The first kappa shape index (κ1) is 18.3. The molecule has 1 fully saturated rings. The minimum atomic E-state index is -0.214. The predicted octanol–water partition coefficient (Wildman–Crippen LogP) is 6.54. The van der Waals surface area contributed by atoms with Gasteiger partial charge in [0.25, 0.3) is 0 Å². The fraction of sp³-hybridized carbons (Fsp3) is 0.222. The molecule has 31 heavy (non-hydrogen) atoms. The van der Waals surface area contributed by atoms with Crippen LogP contribution in [0.3, 0.4) is 0 Å². The third kappa shape index (κ3) is 3.10. The zero-order valence-corrected chi connectivity index (χ0v) is 17.2. The quantitative estimate of drug-likeness (QED) is 0.386. The van der Waals surface area contributed by atoms with Gasteiger partial charge in [-0.15, -0.1) is 0 Å². The molecule has 2 atom stereocenters. The topological polar surface area (TPSA) is 42.7 Å². The van der Waals surface area contributed by atoms with E-state index in [0.717, 1.165) is 52.3 Å². The fourth-order valence-corrected chi connectivity index (χ4v) is 5.11. The standard InChI is InChI=1S/C27H23NO3/c29-27(30-17-18-7-2-1-3-8-18)28-20-13-14-21(28)16-19(15-20)22-10-6-11-24-23-9-4-5-12-25(23)31-26(22)24/h1-12,15,20-21H,13-14,16-17H2. The molecule has 0 spiro atoms. The summed E-state index contributed by atoms with van der Waals surface area (Å²) in [4.78, 5) is 14.8. The minimum Gasteiger partial charge on any atom is -0.455 e. The molecule has 0 saturated carbocycles. The molecule has 3 heterocycles. The van der Waals surface area contributed by atoms with Gasteiger partial charge in [-0.25, -0.2) is 4.79 Å². The van der Waals surface area contributed by atoms with E-state index >= 15 is 0 Å². The van der Waals surface area contributed by atoms with Crippen LogP contribution in [-0.2, 0) is 11.3 Å². The normalized spacial score (nSPS) is 20.3. The number of hydrogen-bond acceptors (Lipinski definition) is 3. The highest BCUT2D eigenvalue weighted by molar-refractivity contribution is 6.08. The fourth-order valence-electron chi connectivity index (χ4n) is 5.11. The first-order chi connectivity index (χ1) is 15.3. The molecule has 2 unspecified atom stereocenters. The van der Waals surface area contributed by atoms with E-state index < -0.39 is 0 Å². The average molecular weight is 409 g/mol. The molecule has 0 N–H and O–H groups in total. The second-order valence-electron chi connectivity index (χ2n) is 8.42. The van der Waals surface area contributed by atoms with Crippen molar-refractivity contribution in [3.8, 4) is 0 Å². The summed E-state index contributed by atoms with van der Waals surface area (Å²) in [7, 11) is 0. The van der Waals surface area contributed by atoms with Crippen molar-refractivity contribution in [1.82, 2.24) is 4.90 Å². The highest BCUT2D eigenvalue weighted by atomic mass is 16.6. The van der Waals surface area contributed by atoms with Crippen LogP contribution in [0.1, 0.15) is 30.4 Å². The lowest BCUT2D eigenvalue weighted by Crippen LogP contribution is -2.43. The summed E-state index contributed by atoms with van der Waals surface area (Å²) >= 11 is 0. The zero-order chi connectivity index (χ0) is 20.8. The number of benzene rings is 3. The van der Waals surface area contributed by atoms with Crippen LogP contribution in [0.2, 0.25) is 0 Å². The van der Waals surface area contributed by atoms with Crippen LogP contribution in [-0.4, -0.2) is 23.1 Å². The van der Waals surface area contributed by atoms with Crippen molar-refractivity contribution < 1.29 is 13.9 Å². The summed E-state index contributed by atoms with van der Waals surface area (Å²) in [6, 6.07) is 24.6. The SMILES string of the molecule is O=C(OCc1ccccc1)N1C2C=C(c3cccc4c3oc3ccccc34)CC1CC2. The van der Waals surface area contributed by atoms with E-state index in [1.165, 1.54) is 5.57 Å². The van der Waals surface area contributed by atoms with E-state index in [0.29, 0.717) is 6.61 Å². The second kappa shape index (κ2) is 7.31. The zero-order valence-electron chi connectivity index (χ0n) is 17.2. The number of hydrogen-bond donors (Lipinski definition) is 0. The molecule has 1 saturated heterocycles. The first-order valence-corrected chi connectivity index (χ1v) is 10.9. The predicted molar refractivity (Wildman–Crippen MR) is 122 cm³/mol. The van der Waals surface area contributed by atoms with Crippen LogP contribution < -0.4 is 0 Å². The largest absolute Gasteiger partial charge is 0.455 e. The van der Waals surface area contributed by atoms with Crippen LogP contribution in [0.4, 0.5) is 4.79 Å². The Bertz CT molecular complexity index is 1300. The third-order valence-electron chi connectivity index (χ3n) is 6.56. The summed E-state index contributed by atoms with van der Waals surface area (Å²) in [6.45, 7) is 0.310. The summed E-state index contributed by atoms with van der Waals surface area (Å²) in [5.74, 6) is 0. The van der Waals surface area contributed by atoms with Crippen molar-refractivity contribution in [3.63, 3.8) is 0 Å². The molecular formula is C27H23NO3. The molecule has 3 aromatic carbocycles. The number of fused-ring (bicyclic) bond motifs is 5. The van der Waals surface area contributed by atoms with Crippen molar-refractivity contribution in [2.45, 2.75) is 38.0 Å². The van der Waals surface area contributed by atoms with Crippen LogP contribution >= 0.6 is 0 Å². The molecule has 4 heteroatoms. The lowest BCUT2D eigenvalue weighted by molar-refractivity contribution is 0.0832. The number of carbonyl (C=O) groups excluding carboxylic acids is 1. The summed E-state index contributed by atoms with van der Waals surface area (Å²) < 4.78 is 11.9. The van der Waals surface area contributed by atoms with Gasteiger partial charge in [-0.2, -0.15) is 0 Å². The van der Waals surface area contributed by atoms with Crippen molar-refractivity contribution in [2.24, 2.45) is 0 Å². The first-order valence-electron chi connectivity index (χ1n) is 10.9. The van der Waals surface area contributed by atoms with Gasteiger partial charge in [-0.1, -0.05) is 72.8 Å². The van der Waals surface area contributed by atoms with Gasteiger partial charge in [-0.3, -0.25) is 4.90 Å². The Morgan fingerprint density at radius 1 is 0.935 bits per heavy atom. The van der Waals surface area contributed by atoms with Gasteiger partial charge in [0.1, 0.15) is 17.8 Å². The smallest absolute Gasteiger partial charge is 0.410 e. The molecule has 154 valence electrons. The van der Waals surface area contributed by atoms with Crippen LogP contribution in [0.5, 0.6) is 0 Å². The summed E-state index contributed by atoms with van der Waals surface area (Å²) in [6.07, 6.45) is 4.84. The summed E-state index contributed by atoms with van der Waals surface area (Å²) in [5.41, 5.74) is 5.27. The number of nitrogens with zero attached hydrogens (tertiary/aromatic N) is 1. The Morgan fingerprint density at radius 2 is 1.74 bits per heavy atom. The van der Waals surface area contributed by atoms with Gasteiger partial charge in [-0.05, 0) is 36.5 Å². The Balaban J connectivity index is 1.29. The molecule has 4 aromatic rings. The van der Waals surface area contributed by atoms with Gasteiger partial charge >= 0.3 is 6.09 Å². The van der Waals surface area contributed by atoms with Gasteiger partial charge < -0.3 is 9.15 Å². The number of amides is 1. The Morgan fingerprint density at radius 3 is 2.61 bits per heavy atom. The lowest BCUT2D eigenvalue weighted by Gasteiger charge is -2.33. The van der Waals surface area contributed by atoms with Crippen LogP contribution in [0.15, 0.2) is 83.3 Å². The van der Waals surface area contributed by atoms with Gasteiger partial charge in [0.05, 0.1) is 6.04 Å². The molecule has 1 amide bonds. The lowest BCUT2D eigenvalue weighted by atomic mass is 9.93. The van der Waals surface area contributed by atoms with Crippen molar-refractivity contribution in [1.29, 1.82) is 0 Å².